The van der Waals surface area contributed by atoms with Crippen LogP contribution >= 0.6 is 11.3 Å². The number of carbonyl (C=O) groups is 1. The third-order valence-electron chi connectivity index (χ3n) is 3.43. The molecule has 2 N–H and O–H groups in total. The Morgan fingerprint density at radius 2 is 1.65 bits per heavy atom. The Morgan fingerprint density at radius 1 is 1.00 bits per heavy atom. The van der Waals surface area contributed by atoms with Gasteiger partial charge in [0, 0.05) is 18.2 Å². The van der Waals surface area contributed by atoms with Gasteiger partial charge < -0.3 is 5.32 Å². The van der Waals surface area contributed by atoms with Crippen molar-refractivity contribution in [3.63, 3.8) is 0 Å². The summed E-state index contributed by atoms with van der Waals surface area (Å²) in [6.07, 6.45) is 0. The van der Waals surface area contributed by atoms with Crippen LogP contribution in [0.4, 0.5) is 10.8 Å². The maximum atomic E-state index is 12.5. The quantitative estimate of drug-likeness (QED) is 0.698. The molecule has 26 heavy (non-hydrogen) atoms. The number of hydrogen-bond donors (Lipinski definition) is 2. The summed E-state index contributed by atoms with van der Waals surface area (Å²) < 4.78 is 27.4. The molecule has 7 nitrogen and oxygen atoms in total. The van der Waals surface area contributed by atoms with Gasteiger partial charge in [-0.15, -0.1) is 10.2 Å². The minimum atomic E-state index is -3.79. The summed E-state index contributed by atoms with van der Waals surface area (Å²) in [4.78, 5) is 11.1. The van der Waals surface area contributed by atoms with Crippen LogP contribution in [0, 0.1) is 6.92 Å². The first-order valence-electron chi connectivity index (χ1n) is 7.64. The maximum Gasteiger partial charge on any atom is 0.263 e. The van der Waals surface area contributed by atoms with Crippen molar-refractivity contribution in [2.24, 2.45) is 0 Å². The van der Waals surface area contributed by atoms with Crippen LogP contribution in [0.5, 0.6) is 0 Å². The van der Waals surface area contributed by atoms with Crippen LogP contribution in [0.25, 0.3) is 10.6 Å². The molecule has 0 unspecified atom stereocenters. The van der Waals surface area contributed by atoms with Gasteiger partial charge in [-0.1, -0.05) is 41.2 Å². The first-order valence-corrected chi connectivity index (χ1v) is 9.94. The number of amides is 1. The van der Waals surface area contributed by atoms with E-state index in [0.29, 0.717) is 10.7 Å². The minimum absolute atomic E-state index is 0.0682. The number of nitrogens with zero attached hydrogens (tertiary/aromatic N) is 2. The van der Waals surface area contributed by atoms with Crippen molar-refractivity contribution in [2.75, 3.05) is 10.0 Å². The lowest BCUT2D eigenvalue weighted by Gasteiger charge is -2.06. The number of nitrogens with one attached hydrogen (secondary N) is 2. The summed E-state index contributed by atoms with van der Waals surface area (Å²) in [5, 5.41) is 11.3. The molecule has 1 aromatic heterocycles. The Bertz CT molecular complexity index is 1030. The summed E-state index contributed by atoms with van der Waals surface area (Å²) in [5.41, 5.74) is 2.52. The summed E-state index contributed by atoms with van der Waals surface area (Å²) >= 11 is 1.16. The van der Waals surface area contributed by atoms with E-state index < -0.39 is 10.0 Å². The number of benzene rings is 2. The van der Waals surface area contributed by atoms with E-state index in [-0.39, 0.29) is 15.9 Å². The van der Waals surface area contributed by atoms with Crippen LogP contribution in [0.1, 0.15) is 12.5 Å². The average Bonchev–Trinajstić information content (AvgIpc) is 3.03. The van der Waals surface area contributed by atoms with Crippen LogP contribution in [0.2, 0.25) is 0 Å². The van der Waals surface area contributed by atoms with Crippen molar-refractivity contribution in [3.8, 4) is 10.6 Å². The number of anilines is 2. The number of carbonyl (C=O) groups excluding carboxylic acids is 1. The molecule has 3 rings (SSSR count). The smallest absolute Gasteiger partial charge is 0.263 e. The number of aryl methyl sites for hydroxylation is 1. The highest BCUT2D eigenvalue weighted by molar-refractivity contribution is 7.93. The second-order valence-corrected chi connectivity index (χ2v) is 8.25. The monoisotopic (exact) mass is 388 g/mol. The minimum Gasteiger partial charge on any atom is -0.326 e. The Labute approximate surface area is 155 Å². The molecule has 0 fully saturated rings. The zero-order chi connectivity index (χ0) is 18.7. The molecule has 1 amide bonds. The molecule has 3 aromatic rings. The number of hydrogen-bond acceptors (Lipinski definition) is 6. The van der Waals surface area contributed by atoms with E-state index in [2.05, 4.69) is 20.2 Å². The van der Waals surface area contributed by atoms with Crippen molar-refractivity contribution < 1.29 is 13.2 Å². The topological polar surface area (TPSA) is 101 Å². The molecule has 0 aliphatic carbocycles. The van der Waals surface area contributed by atoms with Gasteiger partial charge in [-0.05, 0) is 31.2 Å². The molecular formula is C17H16N4O3S2. The lowest BCUT2D eigenvalue weighted by molar-refractivity contribution is -0.114. The highest BCUT2D eigenvalue weighted by Crippen LogP contribution is 2.28. The first-order chi connectivity index (χ1) is 12.3. The van der Waals surface area contributed by atoms with Gasteiger partial charge in [0.25, 0.3) is 10.0 Å². The van der Waals surface area contributed by atoms with Crippen molar-refractivity contribution in [3.05, 3.63) is 54.1 Å². The van der Waals surface area contributed by atoms with Crippen molar-refractivity contribution >= 4 is 38.1 Å². The fourth-order valence-corrected chi connectivity index (χ4v) is 4.15. The van der Waals surface area contributed by atoms with Gasteiger partial charge in [0.2, 0.25) is 11.0 Å². The first kappa shape index (κ1) is 18.0. The molecule has 1 heterocycles. The molecule has 0 aliphatic heterocycles. The number of rotatable bonds is 5. The zero-order valence-corrected chi connectivity index (χ0v) is 15.7. The number of aromatic nitrogens is 2. The summed E-state index contributed by atoms with van der Waals surface area (Å²) in [6, 6.07) is 13.6. The Kier molecular flexibility index (Phi) is 5.01. The third kappa shape index (κ3) is 4.24. The molecular weight excluding hydrogens is 372 g/mol. The molecule has 2 aromatic carbocycles. The fourth-order valence-electron chi connectivity index (χ4n) is 2.17. The SMILES string of the molecule is CC(=O)Nc1ccc(S(=O)(=O)Nc2nnc(-c3ccc(C)cc3)s2)cc1. The van der Waals surface area contributed by atoms with Gasteiger partial charge >= 0.3 is 0 Å². The van der Waals surface area contributed by atoms with Crippen LogP contribution in [0.15, 0.2) is 53.4 Å². The van der Waals surface area contributed by atoms with Crippen LogP contribution in [-0.2, 0) is 14.8 Å². The lowest BCUT2D eigenvalue weighted by atomic mass is 10.2. The van der Waals surface area contributed by atoms with Gasteiger partial charge in [-0.25, -0.2) is 8.42 Å². The predicted octanol–water partition coefficient (Wildman–Crippen LogP) is 3.27. The lowest BCUT2D eigenvalue weighted by Crippen LogP contribution is -2.13. The van der Waals surface area contributed by atoms with E-state index >= 15 is 0 Å². The van der Waals surface area contributed by atoms with Crippen molar-refractivity contribution in [1.82, 2.24) is 10.2 Å². The highest BCUT2D eigenvalue weighted by Gasteiger charge is 2.17. The highest BCUT2D eigenvalue weighted by atomic mass is 32.2. The molecule has 0 aliphatic rings. The fraction of sp³-hybridized carbons (Fsp3) is 0.118. The van der Waals surface area contributed by atoms with Gasteiger partial charge in [0.15, 0.2) is 0 Å². The van der Waals surface area contributed by atoms with Gasteiger partial charge in [-0.3, -0.25) is 9.52 Å². The zero-order valence-electron chi connectivity index (χ0n) is 14.1. The molecule has 9 heteroatoms. The Hall–Kier alpha value is -2.78. The second-order valence-electron chi connectivity index (χ2n) is 5.59. The standard InChI is InChI=1S/C17H16N4O3S2/c1-11-3-5-13(6-4-11)16-19-20-17(25-16)21-26(23,24)15-9-7-14(8-10-15)18-12(2)22/h3-10H,1-2H3,(H,18,22)(H,20,21). The van der Waals surface area contributed by atoms with E-state index in [1.165, 1.54) is 31.2 Å². The second kappa shape index (κ2) is 7.22. The van der Waals surface area contributed by atoms with Gasteiger partial charge in [0.1, 0.15) is 5.01 Å². The van der Waals surface area contributed by atoms with Crippen LogP contribution in [-0.4, -0.2) is 24.5 Å². The normalized spacial score (nSPS) is 11.2. The number of sulfonamides is 1. The largest absolute Gasteiger partial charge is 0.326 e. The Morgan fingerprint density at radius 3 is 2.27 bits per heavy atom. The third-order valence-corrected chi connectivity index (χ3v) is 5.80. The Balaban J connectivity index is 1.77. The molecule has 0 saturated carbocycles. The summed E-state index contributed by atoms with van der Waals surface area (Å²) in [7, 11) is -3.79. The molecule has 0 radical (unpaired) electrons. The molecule has 0 atom stereocenters. The van der Waals surface area contributed by atoms with Crippen molar-refractivity contribution in [2.45, 2.75) is 18.7 Å². The summed E-state index contributed by atoms with van der Waals surface area (Å²) in [5.74, 6) is -0.226. The molecule has 134 valence electrons. The van der Waals surface area contributed by atoms with Crippen LogP contribution in [0.3, 0.4) is 0 Å². The predicted molar refractivity (Wildman–Crippen MR) is 102 cm³/mol. The summed E-state index contributed by atoms with van der Waals surface area (Å²) in [6.45, 7) is 3.37. The maximum absolute atomic E-state index is 12.5. The van der Waals surface area contributed by atoms with E-state index in [9.17, 15) is 13.2 Å². The molecule has 0 bridgehead atoms. The van der Waals surface area contributed by atoms with E-state index in [4.69, 9.17) is 0 Å². The van der Waals surface area contributed by atoms with E-state index in [1.54, 1.807) is 0 Å². The molecule has 0 spiro atoms. The van der Waals surface area contributed by atoms with E-state index in [0.717, 1.165) is 22.5 Å². The van der Waals surface area contributed by atoms with Crippen molar-refractivity contribution in [1.29, 1.82) is 0 Å². The van der Waals surface area contributed by atoms with Gasteiger partial charge in [0.05, 0.1) is 4.90 Å². The van der Waals surface area contributed by atoms with E-state index in [1.807, 2.05) is 31.2 Å². The van der Waals surface area contributed by atoms with Crippen LogP contribution < -0.4 is 10.0 Å². The van der Waals surface area contributed by atoms with Gasteiger partial charge in [-0.2, -0.15) is 0 Å². The molecule has 0 saturated heterocycles. The average molecular weight is 388 g/mol.